The van der Waals surface area contributed by atoms with E-state index in [4.69, 9.17) is 21.5 Å². The number of nitrogens with zero attached hydrogens (tertiary/aromatic N) is 1. The summed E-state index contributed by atoms with van der Waals surface area (Å²) in [7, 11) is -4.01. The van der Waals surface area contributed by atoms with Crippen molar-refractivity contribution < 1.29 is 22.7 Å². The molecule has 7 nitrogen and oxygen atoms in total. The van der Waals surface area contributed by atoms with Crippen molar-refractivity contribution in [2.75, 3.05) is 6.61 Å². The largest absolute Gasteiger partial charge is 0.454 e. The molecule has 144 valence electrons. The van der Waals surface area contributed by atoms with Gasteiger partial charge >= 0.3 is 5.97 Å². The van der Waals surface area contributed by atoms with E-state index in [0.717, 1.165) is 17.5 Å². The average Bonchev–Trinajstić information content (AvgIpc) is 2.87. The second kappa shape index (κ2) is 8.08. The predicted octanol–water partition coefficient (Wildman–Crippen LogP) is 2.63. The number of nitrogens with two attached hydrogens (primary N) is 1. The van der Waals surface area contributed by atoms with Crippen LogP contribution in [0.5, 0.6) is 0 Å². The second-order valence-corrected chi connectivity index (χ2v) is 7.84. The summed E-state index contributed by atoms with van der Waals surface area (Å²) in [5.41, 5.74) is 1.87. The fourth-order valence-electron chi connectivity index (χ4n) is 2.62. The molecule has 0 atom stereocenters. The smallest absolute Gasteiger partial charge is 0.340 e. The van der Waals surface area contributed by atoms with Crippen LogP contribution in [0.2, 0.25) is 5.02 Å². The minimum absolute atomic E-state index is 0.0102. The zero-order valence-electron chi connectivity index (χ0n) is 14.9. The Morgan fingerprint density at radius 3 is 2.52 bits per heavy atom. The van der Waals surface area contributed by atoms with E-state index in [2.05, 4.69) is 6.58 Å². The van der Waals surface area contributed by atoms with E-state index in [0.29, 0.717) is 12.1 Å². The van der Waals surface area contributed by atoms with E-state index in [-0.39, 0.29) is 21.3 Å². The molecule has 0 unspecified atom stereocenters. The minimum Gasteiger partial charge on any atom is -0.454 e. The maximum absolute atomic E-state index is 12.4. The number of primary sulfonamides is 1. The van der Waals surface area contributed by atoms with Crippen molar-refractivity contribution >= 4 is 33.4 Å². The lowest BCUT2D eigenvalue weighted by atomic mass is 10.1. The van der Waals surface area contributed by atoms with Gasteiger partial charge in [-0.15, -0.1) is 6.58 Å². The van der Waals surface area contributed by atoms with Gasteiger partial charge in [-0.1, -0.05) is 17.7 Å². The number of benzene rings is 1. The van der Waals surface area contributed by atoms with Gasteiger partial charge in [-0.25, -0.2) is 18.4 Å². The van der Waals surface area contributed by atoms with E-state index in [1.54, 1.807) is 19.1 Å². The minimum atomic E-state index is -4.01. The summed E-state index contributed by atoms with van der Waals surface area (Å²) in [6.07, 6.45) is 1.72. The fourth-order valence-corrected chi connectivity index (χ4v) is 3.35. The maximum atomic E-state index is 12.4. The molecule has 0 saturated heterocycles. The first-order chi connectivity index (χ1) is 12.6. The number of aromatic nitrogens is 1. The van der Waals surface area contributed by atoms with Crippen LogP contribution < -0.4 is 5.14 Å². The molecule has 0 aliphatic carbocycles. The van der Waals surface area contributed by atoms with Crippen molar-refractivity contribution in [1.29, 1.82) is 0 Å². The van der Waals surface area contributed by atoms with Gasteiger partial charge in [-0.3, -0.25) is 4.79 Å². The van der Waals surface area contributed by atoms with Crippen molar-refractivity contribution in [2.45, 2.75) is 25.3 Å². The Hall–Kier alpha value is -2.42. The third kappa shape index (κ3) is 4.65. The highest BCUT2D eigenvalue weighted by Gasteiger charge is 2.20. The van der Waals surface area contributed by atoms with Crippen molar-refractivity contribution in [3.63, 3.8) is 0 Å². The van der Waals surface area contributed by atoms with Crippen molar-refractivity contribution in [2.24, 2.45) is 5.14 Å². The van der Waals surface area contributed by atoms with Crippen LogP contribution in [0.1, 0.15) is 32.1 Å². The van der Waals surface area contributed by atoms with Crippen LogP contribution in [0.25, 0.3) is 0 Å². The summed E-state index contributed by atoms with van der Waals surface area (Å²) in [5.74, 6) is -1.30. The second-order valence-electron chi connectivity index (χ2n) is 5.87. The zero-order valence-corrected chi connectivity index (χ0v) is 16.4. The molecular formula is C18H19ClN2O5S. The lowest BCUT2D eigenvalue weighted by molar-refractivity contribution is 0.0474. The molecule has 0 amide bonds. The molecule has 9 heteroatoms. The number of allylic oxidation sites excluding steroid dienone is 1. The zero-order chi connectivity index (χ0) is 20.4. The first kappa shape index (κ1) is 20.9. The van der Waals surface area contributed by atoms with Crippen molar-refractivity contribution in [3.8, 4) is 0 Å². The Balaban J connectivity index is 2.18. The normalized spacial score (nSPS) is 11.3. The lowest BCUT2D eigenvalue weighted by Crippen LogP contribution is -2.17. The lowest BCUT2D eigenvalue weighted by Gasteiger charge is -2.08. The molecule has 0 aliphatic heterocycles. The number of aryl methyl sites for hydroxylation is 1. The van der Waals surface area contributed by atoms with Crippen molar-refractivity contribution in [1.82, 2.24) is 4.57 Å². The standard InChI is InChI=1S/C18H19ClN2O5S/c1-4-7-21-11(2)8-14(12(21)3)17(22)10-26-18(23)15-9-13(27(20,24)25)5-6-16(15)19/h4-6,8-9H,1,7,10H2,2-3H3,(H2,20,24,25). The summed E-state index contributed by atoms with van der Waals surface area (Å²) < 4.78 is 29.8. The number of carbonyl (C=O) groups excluding carboxylic acids is 2. The molecule has 2 N–H and O–H groups in total. The van der Waals surface area contributed by atoms with E-state index < -0.39 is 22.6 Å². The van der Waals surface area contributed by atoms with Crippen molar-refractivity contribution in [3.05, 3.63) is 64.5 Å². The van der Waals surface area contributed by atoms with Crippen LogP contribution in [0.15, 0.2) is 41.8 Å². The highest BCUT2D eigenvalue weighted by atomic mass is 35.5. The van der Waals surface area contributed by atoms with Gasteiger partial charge in [0.1, 0.15) is 0 Å². The van der Waals surface area contributed by atoms with Gasteiger partial charge in [0.05, 0.1) is 15.5 Å². The number of carbonyl (C=O) groups is 2. The van der Waals surface area contributed by atoms with E-state index in [1.165, 1.54) is 12.1 Å². The van der Waals surface area contributed by atoms with Crippen LogP contribution in [-0.4, -0.2) is 31.3 Å². The van der Waals surface area contributed by atoms with Crippen LogP contribution in [0.3, 0.4) is 0 Å². The molecule has 2 aromatic rings. The molecule has 0 fully saturated rings. The number of esters is 1. The molecule has 2 rings (SSSR count). The summed E-state index contributed by atoms with van der Waals surface area (Å²) in [5, 5.41) is 5.04. The number of sulfonamides is 1. The number of ether oxygens (including phenoxy) is 1. The van der Waals surface area contributed by atoms with Crippen LogP contribution in [0, 0.1) is 13.8 Å². The quantitative estimate of drug-likeness (QED) is 0.428. The monoisotopic (exact) mass is 410 g/mol. The summed E-state index contributed by atoms with van der Waals surface area (Å²) in [6.45, 7) is 7.38. The molecular weight excluding hydrogens is 392 g/mol. The topological polar surface area (TPSA) is 108 Å². The molecule has 1 heterocycles. The average molecular weight is 411 g/mol. The number of Topliss-reactive ketones (excluding diaryl/α,β-unsaturated/α-hetero) is 1. The first-order valence-electron chi connectivity index (χ1n) is 7.86. The number of rotatable bonds is 7. The Kier molecular flexibility index (Phi) is 6.25. The molecule has 1 aromatic carbocycles. The van der Waals surface area contributed by atoms with Crippen LogP contribution in [-0.2, 0) is 21.3 Å². The van der Waals surface area contributed by atoms with Gasteiger partial charge in [0.15, 0.2) is 6.61 Å². The van der Waals surface area contributed by atoms with E-state index in [1.807, 2.05) is 11.5 Å². The van der Waals surface area contributed by atoms with Gasteiger partial charge in [-0.05, 0) is 38.1 Å². The van der Waals surface area contributed by atoms with E-state index >= 15 is 0 Å². The Labute approximate surface area is 162 Å². The first-order valence-corrected chi connectivity index (χ1v) is 9.79. The molecule has 0 spiro atoms. The third-order valence-corrected chi connectivity index (χ3v) is 5.25. The SMILES string of the molecule is C=CCn1c(C)cc(C(=O)COC(=O)c2cc(S(N)(=O)=O)ccc2Cl)c1C. The molecule has 1 aromatic heterocycles. The van der Waals surface area contributed by atoms with Gasteiger partial charge in [-0.2, -0.15) is 0 Å². The Morgan fingerprint density at radius 1 is 1.26 bits per heavy atom. The summed E-state index contributed by atoms with van der Waals surface area (Å²) in [6, 6.07) is 5.13. The Bertz CT molecular complexity index is 1020. The number of hydrogen-bond acceptors (Lipinski definition) is 5. The van der Waals surface area contributed by atoms with Crippen LogP contribution in [0.4, 0.5) is 0 Å². The highest BCUT2D eigenvalue weighted by Crippen LogP contribution is 2.21. The highest BCUT2D eigenvalue weighted by molar-refractivity contribution is 7.89. The predicted molar refractivity (Wildman–Crippen MR) is 102 cm³/mol. The number of ketones is 1. The van der Waals surface area contributed by atoms with Gasteiger partial charge < -0.3 is 9.30 Å². The molecule has 0 saturated carbocycles. The number of hydrogen-bond donors (Lipinski definition) is 1. The molecule has 0 bridgehead atoms. The fraction of sp³-hybridized carbons (Fsp3) is 0.222. The van der Waals surface area contributed by atoms with Gasteiger partial charge in [0, 0.05) is 23.5 Å². The maximum Gasteiger partial charge on any atom is 0.340 e. The Morgan fingerprint density at radius 2 is 1.93 bits per heavy atom. The summed E-state index contributed by atoms with van der Waals surface area (Å²) in [4.78, 5) is 24.4. The number of halogens is 1. The summed E-state index contributed by atoms with van der Waals surface area (Å²) >= 11 is 5.92. The molecule has 0 aliphatic rings. The molecule has 27 heavy (non-hydrogen) atoms. The molecule has 0 radical (unpaired) electrons. The van der Waals surface area contributed by atoms with Gasteiger partial charge in [0.25, 0.3) is 0 Å². The van der Waals surface area contributed by atoms with Crippen LogP contribution >= 0.6 is 11.6 Å². The van der Waals surface area contributed by atoms with E-state index in [9.17, 15) is 18.0 Å². The third-order valence-electron chi connectivity index (χ3n) is 4.01. The van der Waals surface area contributed by atoms with Gasteiger partial charge in [0.2, 0.25) is 15.8 Å².